The predicted octanol–water partition coefficient (Wildman–Crippen LogP) is 5.38. The number of carbonyl (C=O) groups excluding carboxylic acids is 1. The summed E-state index contributed by atoms with van der Waals surface area (Å²) in [6.07, 6.45) is -0.806. The molecule has 0 saturated heterocycles. The molecule has 31 heavy (non-hydrogen) atoms. The van der Waals surface area contributed by atoms with E-state index in [0.29, 0.717) is 42.9 Å². The number of nitrogens with zero attached hydrogens (tertiary/aromatic N) is 4. The van der Waals surface area contributed by atoms with E-state index in [2.05, 4.69) is 10.1 Å². The third-order valence-corrected chi connectivity index (χ3v) is 6.27. The van der Waals surface area contributed by atoms with Crippen molar-refractivity contribution in [1.82, 2.24) is 19.7 Å². The van der Waals surface area contributed by atoms with Gasteiger partial charge in [0.1, 0.15) is 10.8 Å². The second kappa shape index (κ2) is 7.71. The van der Waals surface area contributed by atoms with Crippen molar-refractivity contribution in [2.45, 2.75) is 23.3 Å². The van der Waals surface area contributed by atoms with Crippen molar-refractivity contribution in [3.05, 3.63) is 58.1 Å². The Kier molecular flexibility index (Phi) is 5.00. The zero-order chi connectivity index (χ0) is 21.7. The highest BCUT2D eigenvalue weighted by Gasteiger charge is 2.33. The van der Waals surface area contributed by atoms with E-state index < -0.39 is 12.2 Å². The van der Waals surface area contributed by atoms with Crippen LogP contribution in [0.3, 0.4) is 0 Å². The first-order chi connectivity index (χ1) is 14.9. The first kappa shape index (κ1) is 20.1. The number of ether oxygens (including phenoxy) is 2. The highest BCUT2D eigenvalue weighted by atomic mass is 35.5. The van der Waals surface area contributed by atoms with Crippen molar-refractivity contribution in [2.24, 2.45) is 0 Å². The Morgan fingerprint density at radius 3 is 2.71 bits per heavy atom. The number of methoxy groups -OCH3 is 1. The Labute approximate surface area is 191 Å². The molecule has 156 valence electrons. The molecular weight excluding hydrogens is 459 g/mol. The molecule has 1 aliphatic heterocycles. The van der Waals surface area contributed by atoms with E-state index in [1.165, 1.54) is 18.7 Å². The maximum atomic E-state index is 11.9. The van der Waals surface area contributed by atoms with Gasteiger partial charge in [0.25, 0.3) is 0 Å². The molecule has 0 saturated carbocycles. The zero-order valence-electron chi connectivity index (χ0n) is 16.3. The van der Waals surface area contributed by atoms with E-state index in [1.54, 1.807) is 30.0 Å². The molecule has 3 heterocycles. The van der Waals surface area contributed by atoms with E-state index in [0.717, 1.165) is 10.9 Å². The summed E-state index contributed by atoms with van der Waals surface area (Å²) in [5.41, 5.74) is 2.14. The van der Waals surface area contributed by atoms with Crippen molar-refractivity contribution in [2.75, 3.05) is 7.11 Å². The Balaban J connectivity index is 1.66. The van der Waals surface area contributed by atoms with Crippen LogP contribution < -0.4 is 4.74 Å². The maximum absolute atomic E-state index is 11.9. The van der Waals surface area contributed by atoms with E-state index in [4.69, 9.17) is 37.7 Å². The summed E-state index contributed by atoms with van der Waals surface area (Å²) in [5.74, 6) is 0.671. The molecule has 0 fully saturated rings. The van der Waals surface area contributed by atoms with Crippen LogP contribution in [0.1, 0.15) is 18.7 Å². The lowest BCUT2D eigenvalue weighted by atomic mass is 10.1. The second-order valence-electron chi connectivity index (χ2n) is 6.79. The van der Waals surface area contributed by atoms with Crippen molar-refractivity contribution in [3.8, 4) is 17.1 Å². The van der Waals surface area contributed by atoms with Crippen molar-refractivity contribution in [3.63, 3.8) is 0 Å². The van der Waals surface area contributed by atoms with Crippen molar-refractivity contribution in [1.29, 1.82) is 0 Å². The molecule has 0 radical (unpaired) electrons. The van der Waals surface area contributed by atoms with Gasteiger partial charge >= 0.3 is 5.97 Å². The summed E-state index contributed by atoms with van der Waals surface area (Å²) in [6, 6.07) is 12.6. The average molecular weight is 473 g/mol. The van der Waals surface area contributed by atoms with Crippen LogP contribution in [0.2, 0.25) is 10.0 Å². The number of esters is 1. The van der Waals surface area contributed by atoms with Gasteiger partial charge in [0.05, 0.1) is 17.6 Å². The number of carbonyl (C=O) groups is 1. The number of fused-ring (bicyclic) bond motifs is 3. The van der Waals surface area contributed by atoms with Gasteiger partial charge in [-0.3, -0.25) is 4.79 Å². The van der Waals surface area contributed by atoms with Gasteiger partial charge < -0.3 is 9.47 Å². The fourth-order valence-electron chi connectivity index (χ4n) is 3.34. The van der Waals surface area contributed by atoms with Crippen LogP contribution in [0.4, 0.5) is 0 Å². The summed E-state index contributed by atoms with van der Waals surface area (Å²) in [5, 5.41) is 7.63. The highest BCUT2D eigenvalue weighted by molar-refractivity contribution is 7.99. The third kappa shape index (κ3) is 3.60. The molecule has 0 amide bonds. The van der Waals surface area contributed by atoms with Gasteiger partial charge in [-0.1, -0.05) is 23.2 Å². The average Bonchev–Trinajstić information content (AvgIpc) is 3.15. The molecule has 2 aromatic carbocycles. The molecule has 0 bridgehead atoms. The van der Waals surface area contributed by atoms with E-state index in [9.17, 15) is 4.79 Å². The first-order valence-corrected chi connectivity index (χ1v) is 10.8. The van der Waals surface area contributed by atoms with Crippen LogP contribution in [0.25, 0.3) is 22.3 Å². The third-order valence-electron chi connectivity index (χ3n) is 4.74. The summed E-state index contributed by atoms with van der Waals surface area (Å²) in [7, 11) is 1.61. The molecule has 0 unspecified atom stereocenters. The summed E-state index contributed by atoms with van der Waals surface area (Å²) >= 11 is 13.7. The maximum Gasteiger partial charge on any atom is 0.304 e. The number of hydrogen-bond acceptors (Lipinski definition) is 7. The van der Waals surface area contributed by atoms with Gasteiger partial charge in [0, 0.05) is 28.5 Å². The van der Waals surface area contributed by atoms with Gasteiger partial charge in [-0.2, -0.15) is 4.68 Å². The minimum atomic E-state index is -0.806. The molecule has 2 aromatic heterocycles. The largest absolute Gasteiger partial charge is 0.497 e. The molecule has 0 N–H and O–H groups in total. The van der Waals surface area contributed by atoms with Gasteiger partial charge in [-0.05, 0) is 54.2 Å². The predicted molar refractivity (Wildman–Crippen MR) is 118 cm³/mol. The zero-order valence-corrected chi connectivity index (χ0v) is 18.6. The van der Waals surface area contributed by atoms with Crippen LogP contribution in [-0.4, -0.2) is 32.8 Å². The van der Waals surface area contributed by atoms with Crippen LogP contribution in [0.5, 0.6) is 5.75 Å². The molecule has 10 heteroatoms. The van der Waals surface area contributed by atoms with Crippen LogP contribution in [0.15, 0.2) is 52.6 Å². The van der Waals surface area contributed by atoms with Gasteiger partial charge in [0.15, 0.2) is 11.0 Å². The van der Waals surface area contributed by atoms with Crippen LogP contribution in [-0.2, 0) is 9.53 Å². The topological polar surface area (TPSA) is 79.1 Å². The standard InChI is InChI=1S/C21H14Cl2N4O3S/c1-10(28)30-20-15-8-11-7-13(29-2)4-6-17(11)24-19(15)31-21-25-18(26-27(20)21)14-5-3-12(22)9-16(14)23/h3-9,20H,1-2H3/t20-/m1/s1. The molecule has 7 nitrogen and oxygen atoms in total. The molecule has 0 aliphatic carbocycles. The van der Waals surface area contributed by atoms with Gasteiger partial charge in [0.2, 0.25) is 6.23 Å². The molecule has 0 spiro atoms. The minimum Gasteiger partial charge on any atom is -0.497 e. The normalized spacial score (nSPS) is 14.8. The Morgan fingerprint density at radius 2 is 1.97 bits per heavy atom. The highest BCUT2D eigenvalue weighted by Crippen LogP contribution is 2.43. The number of benzene rings is 2. The quantitative estimate of drug-likeness (QED) is 0.370. The van der Waals surface area contributed by atoms with E-state index >= 15 is 0 Å². The fourth-order valence-corrected chi connectivity index (χ4v) is 4.79. The minimum absolute atomic E-state index is 0.403. The Bertz CT molecular complexity index is 1360. The molecule has 5 rings (SSSR count). The Morgan fingerprint density at radius 1 is 1.13 bits per heavy atom. The molecule has 1 aliphatic rings. The summed E-state index contributed by atoms with van der Waals surface area (Å²) in [6.45, 7) is 1.35. The lowest BCUT2D eigenvalue weighted by Crippen LogP contribution is -2.23. The molecule has 4 aromatic rings. The molecular formula is C21H14Cl2N4O3S. The van der Waals surface area contributed by atoms with Gasteiger partial charge in [-0.25, -0.2) is 9.97 Å². The lowest BCUT2D eigenvalue weighted by Gasteiger charge is -2.25. The van der Waals surface area contributed by atoms with Gasteiger partial charge in [-0.15, -0.1) is 5.10 Å². The first-order valence-electron chi connectivity index (χ1n) is 9.18. The summed E-state index contributed by atoms with van der Waals surface area (Å²) in [4.78, 5) is 21.3. The number of hydrogen-bond donors (Lipinski definition) is 0. The fraction of sp³-hybridized carbons (Fsp3) is 0.143. The van der Waals surface area contributed by atoms with Crippen LogP contribution in [0, 0.1) is 0 Å². The number of aromatic nitrogens is 4. The lowest BCUT2D eigenvalue weighted by molar-refractivity contribution is -0.149. The van der Waals surface area contributed by atoms with Crippen LogP contribution >= 0.6 is 35.0 Å². The van der Waals surface area contributed by atoms with Crippen molar-refractivity contribution < 1.29 is 14.3 Å². The molecule has 1 atom stereocenters. The monoisotopic (exact) mass is 472 g/mol. The summed E-state index contributed by atoms with van der Waals surface area (Å²) < 4.78 is 12.5. The van der Waals surface area contributed by atoms with Crippen molar-refractivity contribution >= 4 is 51.8 Å². The SMILES string of the molecule is COc1ccc2nc3c(cc2c1)[C@@H](OC(C)=O)n1nc(-c2ccc(Cl)cc2Cl)nc1S3. The Hall–Kier alpha value is -2.81. The number of halogens is 2. The van der Waals surface area contributed by atoms with E-state index in [-0.39, 0.29) is 0 Å². The smallest absolute Gasteiger partial charge is 0.304 e. The van der Waals surface area contributed by atoms with E-state index in [1.807, 2.05) is 24.3 Å². The second-order valence-corrected chi connectivity index (χ2v) is 8.59. The number of rotatable bonds is 3. The number of pyridine rings is 1.